The molecule has 148 valence electrons. The van der Waals surface area contributed by atoms with Crippen LogP contribution in [0.5, 0.6) is 0 Å². The number of hydrogen-bond acceptors (Lipinski definition) is 4. The molecule has 0 spiro atoms. The summed E-state index contributed by atoms with van der Waals surface area (Å²) >= 11 is 0. The Balaban J connectivity index is 1.60. The maximum Gasteiger partial charge on any atom is 0.319 e. The monoisotopic (exact) mass is 374 g/mol. The average molecular weight is 374 g/mol. The van der Waals surface area contributed by atoms with Gasteiger partial charge in [0, 0.05) is 38.6 Å². The van der Waals surface area contributed by atoms with Gasteiger partial charge in [0.05, 0.1) is 23.6 Å². The zero-order valence-electron chi connectivity index (χ0n) is 16.4. The smallest absolute Gasteiger partial charge is 0.319 e. The second-order valence-electron chi connectivity index (χ2n) is 7.62. The number of nitrogens with zero attached hydrogens (tertiary/aromatic N) is 2. The molecule has 2 saturated heterocycles. The van der Waals surface area contributed by atoms with Crippen molar-refractivity contribution in [2.24, 2.45) is 0 Å². The summed E-state index contributed by atoms with van der Waals surface area (Å²) in [6.45, 7) is 8.95. The van der Waals surface area contributed by atoms with Crippen LogP contribution in [0, 0.1) is 0 Å². The first-order valence-electron chi connectivity index (χ1n) is 9.77. The van der Waals surface area contributed by atoms with Gasteiger partial charge < -0.3 is 25.2 Å². The van der Waals surface area contributed by atoms with Crippen molar-refractivity contribution in [2.75, 3.05) is 36.4 Å². The quantitative estimate of drug-likeness (QED) is 0.830. The molecule has 2 aliphatic rings. The fourth-order valence-electron chi connectivity index (χ4n) is 3.89. The highest BCUT2D eigenvalue weighted by Crippen LogP contribution is 2.28. The van der Waals surface area contributed by atoms with Crippen LogP contribution < -0.4 is 15.5 Å². The topological polar surface area (TPSA) is 73.9 Å². The van der Waals surface area contributed by atoms with E-state index in [1.165, 1.54) is 0 Å². The van der Waals surface area contributed by atoms with Gasteiger partial charge in [-0.05, 0) is 39.3 Å². The number of ether oxygens (including phenoxy) is 1. The molecule has 3 rings (SSSR count). The molecule has 2 heterocycles. The Morgan fingerprint density at radius 2 is 1.96 bits per heavy atom. The highest BCUT2D eigenvalue weighted by atomic mass is 16.5. The number of urea groups is 1. The summed E-state index contributed by atoms with van der Waals surface area (Å²) in [4.78, 5) is 28.3. The van der Waals surface area contributed by atoms with E-state index >= 15 is 0 Å². The second kappa shape index (κ2) is 8.61. The van der Waals surface area contributed by atoms with E-state index in [4.69, 9.17) is 4.74 Å². The van der Waals surface area contributed by atoms with Crippen molar-refractivity contribution in [3.63, 3.8) is 0 Å². The molecule has 2 fully saturated rings. The van der Waals surface area contributed by atoms with Crippen LogP contribution in [0.4, 0.5) is 16.2 Å². The average Bonchev–Trinajstić information content (AvgIpc) is 2.99. The Hall–Kier alpha value is -2.28. The summed E-state index contributed by atoms with van der Waals surface area (Å²) in [5.74, 6) is 0.171. The van der Waals surface area contributed by atoms with Gasteiger partial charge in [-0.1, -0.05) is 12.1 Å². The lowest BCUT2D eigenvalue weighted by Crippen LogP contribution is -2.46. The molecule has 0 aromatic heterocycles. The molecule has 7 heteroatoms. The van der Waals surface area contributed by atoms with Gasteiger partial charge in [-0.15, -0.1) is 0 Å². The molecular formula is C20H30N4O3. The zero-order chi connectivity index (χ0) is 19.4. The molecule has 0 unspecified atom stereocenters. The van der Waals surface area contributed by atoms with E-state index in [0.29, 0.717) is 13.0 Å². The van der Waals surface area contributed by atoms with Gasteiger partial charge in [-0.25, -0.2) is 4.79 Å². The van der Waals surface area contributed by atoms with Gasteiger partial charge in [0.15, 0.2) is 0 Å². The third-order valence-electron chi connectivity index (χ3n) is 4.96. The van der Waals surface area contributed by atoms with Gasteiger partial charge in [0.1, 0.15) is 0 Å². The molecule has 1 aromatic carbocycles. The molecule has 2 aliphatic heterocycles. The van der Waals surface area contributed by atoms with Crippen LogP contribution in [0.25, 0.3) is 0 Å². The van der Waals surface area contributed by atoms with Crippen LogP contribution in [0.15, 0.2) is 24.3 Å². The third kappa shape index (κ3) is 5.13. The Bertz CT molecular complexity index is 671. The zero-order valence-corrected chi connectivity index (χ0v) is 16.4. The molecule has 7 nitrogen and oxygen atoms in total. The Kier molecular flexibility index (Phi) is 6.21. The predicted molar refractivity (Wildman–Crippen MR) is 106 cm³/mol. The Labute approximate surface area is 161 Å². The minimum absolute atomic E-state index is 0.109. The standard InChI is InChI=1S/C20H30N4O3/c1-14(11-23-10-6-9-19(23)25)21-20(26)22-17-7-4-5-8-18(17)24-12-15(2)27-16(3)13-24/h4-5,7-8,14-16H,6,9-13H2,1-3H3,(H2,21,22,26)/t14-,15-,16+/m1/s1. The van der Waals surface area contributed by atoms with Gasteiger partial charge >= 0.3 is 6.03 Å². The maximum absolute atomic E-state index is 12.5. The van der Waals surface area contributed by atoms with Crippen molar-refractivity contribution in [3.05, 3.63) is 24.3 Å². The van der Waals surface area contributed by atoms with Gasteiger partial charge in [-0.3, -0.25) is 4.79 Å². The van der Waals surface area contributed by atoms with Crippen LogP contribution in [0.3, 0.4) is 0 Å². The number of rotatable bonds is 5. The van der Waals surface area contributed by atoms with Crippen molar-refractivity contribution in [1.29, 1.82) is 0 Å². The van der Waals surface area contributed by atoms with Crippen molar-refractivity contribution < 1.29 is 14.3 Å². The first-order valence-corrected chi connectivity index (χ1v) is 9.77. The summed E-state index contributed by atoms with van der Waals surface area (Å²) in [6, 6.07) is 7.46. The van der Waals surface area contributed by atoms with Crippen molar-refractivity contribution in [1.82, 2.24) is 10.2 Å². The first-order chi connectivity index (χ1) is 12.9. The normalized spacial score (nSPS) is 24.0. The van der Waals surface area contributed by atoms with E-state index in [1.807, 2.05) is 36.1 Å². The summed E-state index contributed by atoms with van der Waals surface area (Å²) in [5, 5.41) is 5.90. The van der Waals surface area contributed by atoms with Gasteiger partial charge in [0.25, 0.3) is 0 Å². The molecule has 3 atom stereocenters. The second-order valence-corrected chi connectivity index (χ2v) is 7.62. The molecular weight excluding hydrogens is 344 g/mol. The SMILES string of the molecule is C[C@H](CN1CCCC1=O)NC(=O)Nc1ccccc1N1C[C@@H](C)O[C@@H](C)C1. The van der Waals surface area contributed by atoms with E-state index in [0.717, 1.165) is 37.4 Å². The van der Waals surface area contributed by atoms with E-state index in [1.54, 1.807) is 0 Å². The maximum atomic E-state index is 12.5. The van der Waals surface area contributed by atoms with Crippen molar-refractivity contribution >= 4 is 23.3 Å². The van der Waals surface area contributed by atoms with Crippen molar-refractivity contribution in [3.8, 4) is 0 Å². The van der Waals surface area contributed by atoms with Crippen LogP contribution in [0.1, 0.15) is 33.6 Å². The van der Waals surface area contributed by atoms with Crippen molar-refractivity contribution in [2.45, 2.75) is 51.9 Å². The van der Waals surface area contributed by atoms with E-state index in [2.05, 4.69) is 29.4 Å². The Morgan fingerprint density at radius 1 is 1.26 bits per heavy atom. The van der Waals surface area contributed by atoms with Crippen LogP contribution >= 0.6 is 0 Å². The number of benzene rings is 1. The minimum atomic E-state index is -0.254. The summed E-state index contributed by atoms with van der Waals surface area (Å²) < 4.78 is 5.81. The molecule has 27 heavy (non-hydrogen) atoms. The lowest BCUT2D eigenvalue weighted by atomic mass is 10.1. The van der Waals surface area contributed by atoms with Gasteiger partial charge in [0.2, 0.25) is 5.91 Å². The predicted octanol–water partition coefficient (Wildman–Crippen LogP) is 2.43. The summed E-state index contributed by atoms with van der Waals surface area (Å²) in [6.07, 6.45) is 1.81. The van der Waals surface area contributed by atoms with Crippen LogP contribution in [0.2, 0.25) is 0 Å². The molecule has 0 radical (unpaired) electrons. The van der Waals surface area contributed by atoms with E-state index < -0.39 is 0 Å². The molecule has 3 amide bonds. The minimum Gasteiger partial charge on any atom is -0.372 e. The third-order valence-corrected chi connectivity index (χ3v) is 4.96. The molecule has 0 aliphatic carbocycles. The number of amides is 3. The largest absolute Gasteiger partial charge is 0.372 e. The number of carbonyl (C=O) groups excluding carboxylic acids is 2. The fraction of sp³-hybridized carbons (Fsp3) is 0.600. The number of anilines is 2. The number of nitrogens with one attached hydrogen (secondary N) is 2. The number of morpholine rings is 1. The van der Waals surface area contributed by atoms with Crippen LogP contribution in [-0.2, 0) is 9.53 Å². The number of carbonyl (C=O) groups is 2. The van der Waals surface area contributed by atoms with Crippen LogP contribution in [-0.4, -0.2) is 61.3 Å². The highest BCUT2D eigenvalue weighted by molar-refractivity contribution is 5.93. The molecule has 0 saturated carbocycles. The van der Waals surface area contributed by atoms with Gasteiger partial charge in [-0.2, -0.15) is 0 Å². The van der Waals surface area contributed by atoms with E-state index in [-0.39, 0.29) is 30.2 Å². The number of hydrogen-bond donors (Lipinski definition) is 2. The molecule has 0 bridgehead atoms. The van der Waals surface area contributed by atoms with E-state index in [9.17, 15) is 9.59 Å². The lowest BCUT2D eigenvalue weighted by molar-refractivity contribution is -0.127. The summed E-state index contributed by atoms with van der Waals surface area (Å²) in [7, 11) is 0. The first kappa shape index (κ1) is 19.5. The lowest BCUT2D eigenvalue weighted by Gasteiger charge is -2.37. The number of para-hydroxylation sites is 2. The fourth-order valence-corrected chi connectivity index (χ4v) is 3.89. The number of likely N-dealkylation sites (tertiary alicyclic amines) is 1. The summed E-state index contributed by atoms with van der Waals surface area (Å²) in [5.41, 5.74) is 1.78. The Morgan fingerprint density at radius 3 is 2.63 bits per heavy atom. The molecule has 1 aromatic rings. The highest BCUT2D eigenvalue weighted by Gasteiger charge is 2.25. The molecule has 2 N–H and O–H groups in total.